The predicted molar refractivity (Wildman–Crippen MR) is 62.1 cm³/mol. The molecule has 0 fully saturated rings. The van der Waals surface area contributed by atoms with Crippen molar-refractivity contribution in [2.75, 3.05) is 0 Å². The van der Waals surface area contributed by atoms with Gasteiger partial charge in [-0.3, -0.25) is 4.79 Å². The molecule has 90 valence electrons. The lowest BCUT2D eigenvalue weighted by Gasteiger charge is -2.16. The summed E-state index contributed by atoms with van der Waals surface area (Å²) in [7, 11) is 0. The smallest absolute Gasteiger partial charge is 0.273 e. The summed E-state index contributed by atoms with van der Waals surface area (Å²) in [6, 6.07) is 0.258. The van der Waals surface area contributed by atoms with E-state index in [0.717, 1.165) is 32.1 Å². The standard InChI is InChI=1S/C11H20N4O/c1-3-5-7-9(6-4-2)13-11(16)10-8-12-15-14-10/h8-9H,3-7H2,1-2H3,(H,13,16)(H,12,14,15). The fraction of sp³-hybridized carbons (Fsp3) is 0.727. The fourth-order valence-corrected chi connectivity index (χ4v) is 1.66. The van der Waals surface area contributed by atoms with Crippen molar-refractivity contribution in [2.24, 2.45) is 0 Å². The lowest BCUT2D eigenvalue weighted by molar-refractivity contribution is 0.0927. The van der Waals surface area contributed by atoms with Crippen LogP contribution in [-0.4, -0.2) is 27.4 Å². The number of carbonyl (C=O) groups excluding carboxylic acids is 1. The van der Waals surface area contributed by atoms with E-state index in [1.165, 1.54) is 6.20 Å². The van der Waals surface area contributed by atoms with Gasteiger partial charge in [-0.05, 0) is 12.8 Å². The Morgan fingerprint density at radius 3 is 2.81 bits per heavy atom. The first-order chi connectivity index (χ1) is 7.77. The van der Waals surface area contributed by atoms with Gasteiger partial charge in [-0.15, -0.1) is 0 Å². The first-order valence-electron chi connectivity index (χ1n) is 5.94. The third-order valence-corrected chi connectivity index (χ3v) is 2.53. The van der Waals surface area contributed by atoms with Crippen molar-refractivity contribution >= 4 is 5.91 Å². The average Bonchev–Trinajstić information content (AvgIpc) is 2.79. The highest BCUT2D eigenvalue weighted by Gasteiger charge is 2.14. The molecule has 0 radical (unpaired) electrons. The molecule has 0 saturated heterocycles. The fourth-order valence-electron chi connectivity index (χ4n) is 1.66. The second kappa shape index (κ2) is 6.98. The number of unbranched alkanes of at least 4 members (excludes halogenated alkanes) is 1. The summed E-state index contributed by atoms with van der Waals surface area (Å²) in [5, 5.41) is 12.8. The molecule has 1 rings (SSSR count). The van der Waals surface area contributed by atoms with Gasteiger partial charge in [0.2, 0.25) is 0 Å². The normalized spacial score (nSPS) is 12.4. The molecular weight excluding hydrogens is 204 g/mol. The maximum atomic E-state index is 11.7. The molecule has 5 nitrogen and oxygen atoms in total. The minimum Gasteiger partial charge on any atom is -0.348 e. The third kappa shape index (κ3) is 4.00. The van der Waals surface area contributed by atoms with E-state index in [4.69, 9.17) is 0 Å². The Hall–Kier alpha value is -1.39. The van der Waals surface area contributed by atoms with Crippen LogP contribution in [0.25, 0.3) is 0 Å². The highest BCUT2D eigenvalue weighted by atomic mass is 16.2. The summed E-state index contributed by atoms with van der Waals surface area (Å²) >= 11 is 0. The van der Waals surface area contributed by atoms with Crippen molar-refractivity contribution in [1.29, 1.82) is 0 Å². The SMILES string of the molecule is CCCCC(CCC)NC(=O)c1cn[nH]n1. The minimum atomic E-state index is -0.136. The van der Waals surface area contributed by atoms with Gasteiger partial charge in [0.05, 0.1) is 6.20 Å². The van der Waals surface area contributed by atoms with Gasteiger partial charge in [0.15, 0.2) is 5.69 Å². The maximum Gasteiger partial charge on any atom is 0.273 e. The Balaban J connectivity index is 2.44. The quantitative estimate of drug-likeness (QED) is 0.743. The number of nitrogens with zero attached hydrogens (tertiary/aromatic N) is 2. The molecule has 5 heteroatoms. The zero-order chi connectivity index (χ0) is 11.8. The number of H-pyrrole nitrogens is 1. The van der Waals surface area contributed by atoms with E-state index >= 15 is 0 Å². The Bertz CT molecular complexity index is 297. The number of aromatic nitrogens is 3. The van der Waals surface area contributed by atoms with Crippen LogP contribution in [0.1, 0.15) is 56.4 Å². The van der Waals surface area contributed by atoms with E-state index in [0.29, 0.717) is 5.69 Å². The van der Waals surface area contributed by atoms with Crippen LogP contribution < -0.4 is 5.32 Å². The summed E-state index contributed by atoms with van der Waals surface area (Å²) in [5.74, 6) is -0.136. The van der Waals surface area contributed by atoms with Crippen LogP contribution in [0.5, 0.6) is 0 Å². The second-order valence-electron chi connectivity index (χ2n) is 3.96. The molecule has 1 atom stereocenters. The first-order valence-corrected chi connectivity index (χ1v) is 5.94. The molecule has 16 heavy (non-hydrogen) atoms. The summed E-state index contributed by atoms with van der Waals surface area (Å²) in [5.41, 5.74) is 0.359. The molecule has 0 aromatic carbocycles. The zero-order valence-electron chi connectivity index (χ0n) is 9.99. The summed E-state index contributed by atoms with van der Waals surface area (Å²) in [4.78, 5) is 11.7. The number of hydrogen-bond acceptors (Lipinski definition) is 3. The molecule has 0 aliphatic rings. The molecule has 1 aromatic heterocycles. The first kappa shape index (κ1) is 12.7. The van der Waals surface area contributed by atoms with Gasteiger partial charge in [-0.25, -0.2) is 0 Å². The summed E-state index contributed by atoms with van der Waals surface area (Å²) in [6.45, 7) is 4.28. The summed E-state index contributed by atoms with van der Waals surface area (Å²) < 4.78 is 0. The van der Waals surface area contributed by atoms with E-state index < -0.39 is 0 Å². The van der Waals surface area contributed by atoms with E-state index in [-0.39, 0.29) is 11.9 Å². The molecule has 1 amide bonds. The van der Waals surface area contributed by atoms with E-state index in [1.54, 1.807) is 0 Å². The topological polar surface area (TPSA) is 70.7 Å². The van der Waals surface area contributed by atoms with Crippen LogP contribution in [0, 0.1) is 0 Å². The molecular formula is C11H20N4O. The number of nitrogens with one attached hydrogen (secondary N) is 2. The molecule has 0 aliphatic heterocycles. The third-order valence-electron chi connectivity index (χ3n) is 2.53. The molecule has 0 saturated carbocycles. The zero-order valence-corrected chi connectivity index (χ0v) is 9.99. The number of carbonyl (C=O) groups is 1. The number of hydrogen-bond donors (Lipinski definition) is 2. The van der Waals surface area contributed by atoms with Gasteiger partial charge >= 0.3 is 0 Å². The molecule has 1 unspecified atom stereocenters. The van der Waals surface area contributed by atoms with Crippen molar-refractivity contribution in [3.8, 4) is 0 Å². The van der Waals surface area contributed by atoms with E-state index in [2.05, 4.69) is 34.6 Å². The van der Waals surface area contributed by atoms with Gasteiger partial charge in [-0.2, -0.15) is 15.4 Å². The predicted octanol–water partition coefficient (Wildman–Crippen LogP) is 1.89. The van der Waals surface area contributed by atoms with Crippen molar-refractivity contribution in [3.05, 3.63) is 11.9 Å². The van der Waals surface area contributed by atoms with E-state index in [9.17, 15) is 4.79 Å². The molecule has 0 bridgehead atoms. The number of rotatable bonds is 7. The Labute approximate surface area is 96.0 Å². The van der Waals surface area contributed by atoms with Gasteiger partial charge in [0.1, 0.15) is 0 Å². The van der Waals surface area contributed by atoms with Gasteiger partial charge < -0.3 is 5.32 Å². The minimum absolute atomic E-state index is 0.136. The van der Waals surface area contributed by atoms with Crippen molar-refractivity contribution in [1.82, 2.24) is 20.7 Å². The van der Waals surface area contributed by atoms with Crippen molar-refractivity contribution < 1.29 is 4.79 Å². The monoisotopic (exact) mass is 224 g/mol. The lowest BCUT2D eigenvalue weighted by Crippen LogP contribution is -2.35. The van der Waals surface area contributed by atoms with Crippen LogP contribution in [-0.2, 0) is 0 Å². The van der Waals surface area contributed by atoms with Crippen LogP contribution in [0.3, 0.4) is 0 Å². The molecule has 2 N–H and O–H groups in total. The van der Waals surface area contributed by atoms with Crippen molar-refractivity contribution in [3.63, 3.8) is 0 Å². The maximum absolute atomic E-state index is 11.7. The Morgan fingerprint density at radius 2 is 2.25 bits per heavy atom. The number of aromatic amines is 1. The molecule has 1 aromatic rings. The molecule has 0 spiro atoms. The van der Waals surface area contributed by atoms with E-state index in [1.807, 2.05) is 0 Å². The van der Waals surface area contributed by atoms with Gasteiger partial charge in [0.25, 0.3) is 5.91 Å². The highest BCUT2D eigenvalue weighted by Crippen LogP contribution is 2.07. The van der Waals surface area contributed by atoms with Gasteiger partial charge in [-0.1, -0.05) is 33.1 Å². The lowest BCUT2D eigenvalue weighted by atomic mass is 10.1. The molecule has 0 aliphatic carbocycles. The number of amides is 1. The molecule has 1 heterocycles. The Kier molecular flexibility index (Phi) is 5.53. The second-order valence-corrected chi connectivity index (χ2v) is 3.96. The van der Waals surface area contributed by atoms with Crippen LogP contribution in [0.2, 0.25) is 0 Å². The van der Waals surface area contributed by atoms with Gasteiger partial charge in [0, 0.05) is 6.04 Å². The van der Waals surface area contributed by atoms with Crippen LogP contribution in [0.4, 0.5) is 0 Å². The van der Waals surface area contributed by atoms with Crippen LogP contribution >= 0.6 is 0 Å². The highest BCUT2D eigenvalue weighted by molar-refractivity contribution is 5.91. The Morgan fingerprint density at radius 1 is 1.44 bits per heavy atom. The van der Waals surface area contributed by atoms with Crippen LogP contribution in [0.15, 0.2) is 6.20 Å². The van der Waals surface area contributed by atoms with Crippen molar-refractivity contribution in [2.45, 2.75) is 52.0 Å². The largest absolute Gasteiger partial charge is 0.348 e. The summed E-state index contributed by atoms with van der Waals surface area (Å²) in [6.07, 6.45) is 6.87. The average molecular weight is 224 g/mol.